The van der Waals surface area contributed by atoms with Crippen molar-refractivity contribution < 1.29 is 32.8 Å². The molecule has 0 saturated heterocycles. The maximum atomic E-state index is 12.5. The number of carboxylic acid groups (broad SMARTS) is 1. The Morgan fingerprint density at radius 1 is 1.18 bits per heavy atom. The minimum absolute atomic E-state index is 0.0555. The quantitative estimate of drug-likeness (QED) is 0.432. The zero-order chi connectivity index (χ0) is 20.9. The van der Waals surface area contributed by atoms with Crippen LogP contribution in [0.2, 0.25) is 0 Å². The number of ether oxygens (including phenoxy) is 1. The second kappa shape index (κ2) is 8.35. The summed E-state index contributed by atoms with van der Waals surface area (Å²) in [5.74, 6) is -1.73. The summed E-state index contributed by atoms with van der Waals surface area (Å²) in [6.07, 6.45) is 0. The molecule has 0 saturated carbocycles. The van der Waals surface area contributed by atoms with Gasteiger partial charge in [-0.1, -0.05) is 0 Å². The van der Waals surface area contributed by atoms with E-state index in [2.05, 4.69) is 10.0 Å². The Balaban J connectivity index is 2.24. The van der Waals surface area contributed by atoms with E-state index in [9.17, 15) is 28.1 Å². The Morgan fingerprint density at radius 3 is 2.36 bits per heavy atom. The molecule has 0 unspecified atom stereocenters. The second-order valence-corrected chi connectivity index (χ2v) is 7.00. The van der Waals surface area contributed by atoms with Crippen molar-refractivity contribution in [3.8, 4) is 5.75 Å². The smallest absolute Gasteiger partial charge is 0.322 e. The largest absolute Gasteiger partial charge is 0.497 e. The van der Waals surface area contributed by atoms with Crippen LogP contribution in [-0.2, 0) is 14.8 Å². The van der Waals surface area contributed by atoms with Crippen LogP contribution in [0.3, 0.4) is 0 Å². The third-order valence-electron chi connectivity index (χ3n) is 3.45. The molecule has 148 valence electrons. The van der Waals surface area contributed by atoms with Gasteiger partial charge in [-0.15, -0.1) is 0 Å². The maximum absolute atomic E-state index is 12.5. The molecule has 0 atom stereocenters. The fourth-order valence-corrected chi connectivity index (χ4v) is 3.36. The van der Waals surface area contributed by atoms with Crippen LogP contribution in [0.15, 0.2) is 47.4 Å². The van der Waals surface area contributed by atoms with Crippen molar-refractivity contribution in [1.82, 2.24) is 5.32 Å². The molecule has 11 nitrogen and oxygen atoms in total. The lowest BCUT2D eigenvalue weighted by Crippen LogP contribution is -2.29. The Kier molecular flexibility index (Phi) is 6.15. The molecule has 2 aromatic carbocycles. The molecule has 2 rings (SSSR count). The first-order valence-corrected chi connectivity index (χ1v) is 9.07. The van der Waals surface area contributed by atoms with Gasteiger partial charge in [0.25, 0.3) is 21.6 Å². The minimum Gasteiger partial charge on any atom is -0.497 e. The number of hydrogen-bond donors (Lipinski definition) is 3. The van der Waals surface area contributed by atoms with E-state index in [1.165, 1.54) is 37.4 Å². The van der Waals surface area contributed by atoms with Crippen molar-refractivity contribution in [2.45, 2.75) is 4.90 Å². The highest BCUT2D eigenvalue weighted by Crippen LogP contribution is 2.29. The van der Waals surface area contributed by atoms with E-state index in [1.54, 1.807) is 0 Å². The number of methoxy groups -OCH3 is 1. The fraction of sp³-hybridized carbons (Fsp3) is 0.125. The van der Waals surface area contributed by atoms with Crippen molar-refractivity contribution in [3.63, 3.8) is 0 Å². The number of nitro groups is 1. The number of aliphatic carboxylic acids is 1. The van der Waals surface area contributed by atoms with E-state index in [-0.39, 0.29) is 17.0 Å². The van der Waals surface area contributed by atoms with Crippen LogP contribution in [0.25, 0.3) is 0 Å². The molecule has 0 radical (unpaired) electrons. The number of carboxylic acids is 1. The number of anilines is 1. The predicted molar refractivity (Wildman–Crippen MR) is 96.9 cm³/mol. The molecular formula is C16H15N3O8S. The van der Waals surface area contributed by atoms with Gasteiger partial charge in [-0.3, -0.25) is 24.4 Å². The Morgan fingerprint density at radius 2 is 1.82 bits per heavy atom. The van der Waals surface area contributed by atoms with E-state index >= 15 is 0 Å². The summed E-state index contributed by atoms with van der Waals surface area (Å²) in [6.45, 7) is -0.561. The van der Waals surface area contributed by atoms with Crippen LogP contribution < -0.4 is 14.8 Å². The molecule has 2 aromatic rings. The molecule has 12 heteroatoms. The summed E-state index contributed by atoms with van der Waals surface area (Å²) >= 11 is 0. The summed E-state index contributed by atoms with van der Waals surface area (Å²) in [7, 11) is -3.00. The molecule has 0 aliphatic rings. The Bertz CT molecular complexity index is 1020. The van der Waals surface area contributed by atoms with Crippen LogP contribution in [0.1, 0.15) is 10.4 Å². The molecule has 0 heterocycles. The molecule has 0 aromatic heterocycles. The molecule has 28 heavy (non-hydrogen) atoms. The monoisotopic (exact) mass is 409 g/mol. The summed E-state index contributed by atoms with van der Waals surface area (Å²) < 4.78 is 32.1. The van der Waals surface area contributed by atoms with Gasteiger partial charge in [-0.2, -0.15) is 0 Å². The van der Waals surface area contributed by atoms with Crippen molar-refractivity contribution in [3.05, 3.63) is 58.1 Å². The van der Waals surface area contributed by atoms with Gasteiger partial charge in [0, 0.05) is 11.3 Å². The maximum Gasteiger partial charge on any atom is 0.322 e. The first kappa shape index (κ1) is 20.6. The van der Waals surface area contributed by atoms with Crippen LogP contribution in [0.5, 0.6) is 5.75 Å². The van der Waals surface area contributed by atoms with Crippen molar-refractivity contribution in [2.75, 3.05) is 18.4 Å². The predicted octanol–water partition coefficient (Wildman–Crippen LogP) is 1.22. The van der Waals surface area contributed by atoms with Gasteiger partial charge in [-0.05, 0) is 36.4 Å². The topological polar surface area (TPSA) is 165 Å². The number of carbonyl (C=O) groups excluding carboxylic acids is 1. The minimum atomic E-state index is -4.29. The number of carbonyl (C=O) groups is 2. The van der Waals surface area contributed by atoms with Gasteiger partial charge < -0.3 is 15.2 Å². The third kappa shape index (κ3) is 4.94. The van der Waals surface area contributed by atoms with Crippen molar-refractivity contribution in [1.29, 1.82) is 0 Å². The molecule has 0 aliphatic heterocycles. The van der Waals surface area contributed by atoms with Gasteiger partial charge >= 0.3 is 5.97 Å². The van der Waals surface area contributed by atoms with E-state index in [4.69, 9.17) is 9.84 Å². The lowest BCUT2D eigenvalue weighted by molar-refractivity contribution is -0.387. The Hall–Kier alpha value is -3.67. The van der Waals surface area contributed by atoms with Crippen molar-refractivity contribution in [2.24, 2.45) is 0 Å². The molecule has 3 N–H and O–H groups in total. The Labute approximate surface area is 159 Å². The molecule has 0 bridgehead atoms. The highest BCUT2D eigenvalue weighted by atomic mass is 32.2. The number of nitrogens with zero attached hydrogens (tertiary/aromatic N) is 1. The van der Waals surface area contributed by atoms with Crippen LogP contribution in [-0.4, -0.2) is 44.0 Å². The van der Waals surface area contributed by atoms with E-state index in [1.807, 2.05) is 0 Å². The van der Waals surface area contributed by atoms with E-state index < -0.39 is 44.0 Å². The number of benzene rings is 2. The lowest BCUT2D eigenvalue weighted by Gasteiger charge is -2.10. The second-order valence-electron chi connectivity index (χ2n) is 5.35. The number of sulfonamides is 1. The van der Waals surface area contributed by atoms with E-state index in [0.717, 1.165) is 12.1 Å². The average Bonchev–Trinajstić information content (AvgIpc) is 2.65. The number of nitrogens with one attached hydrogen (secondary N) is 2. The van der Waals surface area contributed by atoms with Crippen LogP contribution in [0, 0.1) is 10.1 Å². The van der Waals surface area contributed by atoms with Gasteiger partial charge in [0.05, 0.1) is 18.1 Å². The van der Waals surface area contributed by atoms with E-state index in [0.29, 0.717) is 0 Å². The molecule has 0 aliphatic carbocycles. The molecular weight excluding hydrogens is 394 g/mol. The zero-order valence-electron chi connectivity index (χ0n) is 14.4. The number of hydrogen-bond acceptors (Lipinski definition) is 7. The summed E-state index contributed by atoms with van der Waals surface area (Å²) in [4.78, 5) is 32.0. The summed E-state index contributed by atoms with van der Waals surface area (Å²) in [5.41, 5.74) is -0.490. The highest BCUT2D eigenvalue weighted by Gasteiger charge is 2.26. The number of amides is 1. The summed E-state index contributed by atoms with van der Waals surface area (Å²) in [5, 5.41) is 21.9. The third-order valence-corrected chi connectivity index (χ3v) is 4.88. The van der Waals surface area contributed by atoms with Gasteiger partial charge in [0.2, 0.25) is 0 Å². The standard InChI is InChI=1S/C16H15N3O8S/c1-27-12-6-7-14(13(8-12)19(23)24)28(25,26)18-11-4-2-10(3-5-11)16(22)17-9-15(20)21/h2-8,18H,9H2,1H3,(H,17,22)(H,20,21). The normalized spacial score (nSPS) is 10.8. The highest BCUT2D eigenvalue weighted by molar-refractivity contribution is 7.92. The fourth-order valence-electron chi connectivity index (χ4n) is 2.15. The number of nitro benzene ring substituents is 1. The van der Waals surface area contributed by atoms with Crippen LogP contribution in [0.4, 0.5) is 11.4 Å². The van der Waals surface area contributed by atoms with Gasteiger partial charge in [0.15, 0.2) is 4.90 Å². The first-order valence-electron chi connectivity index (χ1n) is 7.59. The van der Waals surface area contributed by atoms with Gasteiger partial charge in [0.1, 0.15) is 12.3 Å². The molecule has 1 amide bonds. The van der Waals surface area contributed by atoms with Gasteiger partial charge in [-0.25, -0.2) is 8.42 Å². The summed E-state index contributed by atoms with van der Waals surface area (Å²) in [6, 6.07) is 8.40. The van der Waals surface area contributed by atoms with Crippen molar-refractivity contribution >= 4 is 33.3 Å². The SMILES string of the molecule is COc1ccc(S(=O)(=O)Nc2ccc(C(=O)NCC(=O)O)cc2)c([N+](=O)[O-])c1. The van der Waals surface area contributed by atoms with Crippen LogP contribution >= 0.6 is 0 Å². The average molecular weight is 409 g/mol. The lowest BCUT2D eigenvalue weighted by atomic mass is 10.2. The number of rotatable bonds is 8. The zero-order valence-corrected chi connectivity index (χ0v) is 15.2. The molecule has 0 fully saturated rings. The first-order chi connectivity index (χ1) is 13.1. The molecule has 0 spiro atoms.